The molecular formula is C14H15ClN2OS. The lowest BCUT2D eigenvalue weighted by Gasteiger charge is -2.11. The van der Waals surface area contributed by atoms with E-state index in [9.17, 15) is 4.79 Å². The largest absolute Gasteiger partial charge is 0.287 e. The Morgan fingerprint density at radius 1 is 1.42 bits per heavy atom. The minimum atomic E-state index is 0.0136. The smallest absolute Gasteiger partial charge is 0.266 e. The third kappa shape index (κ3) is 3.19. The summed E-state index contributed by atoms with van der Waals surface area (Å²) in [6.07, 6.45) is 1.86. The first-order chi connectivity index (χ1) is 9.15. The van der Waals surface area contributed by atoms with Crippen LogP contribution in [0.4, 0.5) is 0 Å². The molecule has 1 amide bonds. The van der Waals surface area contributed by atoms with Crippen LogP contribution in [0, 0.1) is 0 Å². The number of amides is 1. The molecule has 100 valence electrons. The average Bonchev–Trinajstić information content (AvgIpc) is 2.66. The van der Waals surface area contributed by atoms with Gasteiger partial charge in [0, 0.05) is 18.1 Å². The molecule has 0 bridgehead atoms. The summed E-state index contributed by atoms with van der Waals surface area (Å²) in [4.78, 5) is 19.0. The molecule has 0 N–H and O–H groups in total. The van der Waals surface area contributed by atoms with Gasteiger partial charge in [-0.2, -0.15) is 0 Å². The molecule has 1 heterocycles. The van der Waals surface area contributed by atoms with Crippen molar-refractivity contribution in [1.29, 1.82) is 0 Å². The van der Waals surface area contributed by atoms with E-state index in [1.54, 1.807) is 4.90 Å². The fraction of sp³-hybridized carbons (Fsp3) is 0.286. The van der Waals surface area contributed by atoms with Gasteiger partial charge in [0.05, 0.1) is 4.91 Å². The molecule has 0 saturated carbocycles. The number of nitrogens with zero attached hydrogens (tertiary/aromatic N) is 2. The molecule has 0 aliphatic carbocycles. The lowest BCUT2D eigenvalue weighted by atomic mass is 10.2. The van der Waals surface area contributed by atoms with E-state index in [1.165, 1.54) is 11.8 Å². The van der Waals surface area contributed by atoms with Gasteiger partial charge in [-0.25, -0.2) is 0 Å². The standard InChI is InChI=1S/C14H15ClN2OS/c1-3-16-14-17(4-2)13(18)12(19-14)9-10-6-5-7-11(15)8-10/h5-9H,3-4H2,1-2H3. The first-order valence-electron chi connectivity index (χ1n) is 6.17. The third-order valence-corrected chi connectivity index (χ3v) is 3.92. The molecule has 1 saturated heterocycles. The van der Waals surface area contributed by atoms with Gasteiger partial charge in [-0.05, 0) is 49.4 Å². The van der Waals surface area contributed by atoms with Gasteiger partial charge in [-0.15, -0.1) is 0 Å². The van der Waals surface area contributed by atoms with Gasteiger partial charge in [-0.3, -0.25) is 14.7 Å². The van der Waals surface area contributed by atoms with Crippen molar-refractivity contribution in [3.8, 4) is 0 Å². The number of likely N-dealkylation sites (N-methyl/N-ethyl adjacent to an activating group) is 1. The topological polar surface area (TPSA) is 32.7 Å². The van der Waals surface area contributed by atoms with E-state index in [2.05, 4.69) is 4.99 Å². The molecule has 0 atom stereocenters. The van der Waals surface area contributed by atoms with E-state index in [0.717, 1.165) is 10.7 Å². The maximum atomic E-state index is 12.2. The molecule has 3 nitrogen and oxygen atoms in total. The minimum absolute atomic E-state index is 0.0136. The van der Waals surface area contributed by atoms with Crippen LogP contribution < -0.4 is 0 Å². The van der Waals surface area contributed by atoms with E-state index in [-0.39, 0.29) is 5.91 Å². The van der Waals surface area contributed by atoms with Crippen molar-refractivity contribution in [3.63, 3.8) is 0 Å². The Labute approximate surface area is 122 Å². The van der Waals surface area contributed by atoms with Gasteiger partial charge in [0.25, 0.3) is 5.91 Å². The first kappa shape index (κ1) is 14.2. The molecule has 1 aromatic rings. The number of hydrogen-bond donors (Lipinski definition) is 0. The first-order valence-corrected chi connectivity index (χ1v) is 7.36. The second-order valence-electron chi connectivity index (χ2n) is 3.97. The minimum Gasteiger partial charge on any atom is -0.287 e. The number of thioether (sulfide) groups is 1. The zero-order valence-corrected chi connectivity index (χ0v) is 12.5. The Hall–Kier alpha value is -1.26. The Balaban J connectivity index is 2.31. The highest BCUT2D eigenvalue weighted by atomic mass is 35.5. The summed E-state index contributed by atoms with van der Waals surface area (Å²) in [6, 6.07) is 7.46. The van der Waals surface area contributed by atoms with E-state index in [0.29, 0.717) is 23.0 Å². The van der Waals surface area contributed by atoms with Crippen molar-refractivity contribution in [3.05, 3.63) is 39.8 Å². The Morgan fingerprint density at radius 3 is 2.84 bits per heavy atom. The predicted molar refractivity (Wildman–Crippen MR) is 82.4 cm³/mol. The number of rotatable bonds is 3. The maximum Gasteiger partial charge on any atom is 0.266 e. The van der Waals surface area contributed by atoms with Crippen molar-refractivity contribution in [2.24, 2.45) is 4.99 Å². The van der Waals surface area contributed by atoms with Gasteiger partial charge in [0.15, 0.2) is 5.17 Å². The molecule has 19 heavy (non-hydrogen) atoms. The van der Waals surface area contributed by atoms with E-state index in [1.807, 2.05) is 44.2 Å². The van der Waals surface area contributed by atoms with Crippen molar-refractivity contribution in [2.45, 2.75) is 13.8 Å². The molecule has 0 aromatic heterocycles. The average molecular weight is 295 g/mol. The summed E-state index contributed by atoms with van der Waals surface area (Å²) in [5.41, 5.74) is 0.928. The maximum absolute atomic E-state index is 12.2. The van der Waals surface area contributed by atoms with Gasteiger partial charge >= 0.3 is 0 Å². The summed E-state index contributed by atoms with van der Waals surface area (Å²) in [5.74, 6) is 0.0136. The number of carbonyl (C=O) groups is 1. The number of benzene rings is 1. The van der Waals surface area contributed by atoms with Crippen molar-refractivity contribution < 1.29 is 4.79 Å². The summed E-state index contributed by atoms with van der Waals surface area (Å²) in [7, 11) is 0. The second-order valence-corrected chi connectivity index (χ2v) is 5.42. The van der Waals surface area contributed by atoms with Crippen LogP contribution >= 0.6 is 23.4 Å². The van der Waals surface area contributed by atoms with Crippen LogP contribution in [0.1, 0.15) is 19.4 Å². The Kier molecular flexibility index (Phi) is 4.66. The number of amidine groups is 1. The Bertz CT molecular complexity index is 554. The fourth-order valence-corrected chi connectivity index (χ4v) is 3.09. The van der Waals surface area contributed by atoms with Gasteiger partial charge in [0.1, 0.15) is 0 Å². The van der Waals surface area contributed by atoms with Crippen LogP contribution in [0.25, 0.3) is 6.08 Å². The monoisotopic (exact) mass is 294 g/mol. The third-order valence-electron chi connectivity index (χ3n) is 2.64. The molecule has 2 rings (SSSR count). The van der Waals surface area contributed by atoms with Crippen LogP contribution in [0.2, 0.25) is 5.02 Å². The summed E-state index contributed by atoms with van der Waals surface area (Å²) < 4.78 is 0. The molecule has 1 aliphatic heterocycles. The van der Waals surface area contributed by atoms with Crippen LogP contribution in [0.5, 0.6) is 0 Å². The highest BCUT2D eigenvalue weighted by molar-refractivity contribution is 8.18. The van der Waals surface area contributed by atoms with E-state index in [4.69, 9.17) is 11.6 Å². The van der Waals surface area contributed by atoms with E-state index >= 15 is 0 Å². The summed E-state index contributed by atoms with van der Waals surface area (Å²) in [5, 5.41) is 1.45. The molecule has 5 heteroatoms. The lowest BCUT2D eigenvalue weighted by Crippen LogP contribution is -2.28. The lowest BCUT2D eigenvalue weighted by molar-refractivity contribution is -0.122. The molecule has 1 aliphatic rings. The van der Waals surface area contributed by atoms with Gasteiger partial charge < -0.3 is 0 Å². The van der Waals surface area contributed by atoms with Crippen molar-refractivity contribution in [1.82, 2.24) is 4.90 Å². The predicted octanol–water partition coefficient (Wildman–Crippen LogP) is 3.65. The van der Waals surface area contributed by atoms with Crippen LogP contribution in [0.15, 0.2) is 34.2 Å². The summed E-state index contributed by atoms with van der Waals surface area (Å²) in [6.45, 7) is 5.23. The zero-order chi connectivity index (χ0) is 13.8. The Morgan fingerprint density at radius 2 is 2.21 bits per heavy atom. The van der Waals surface area contributed by atoms with Gasteiger partial charge in [-0.1, -0.05) is 23.7 Å². The molecular weight excluding hydrogens is 280 g/mol. The zero-order valence-electron chi connectivity index (χ0n) is 10.9. The van der Waals surface area contributed by atoms with Crippen LogP contribution in [-0.4, -0.2) is 29.1 Å². The number of hydrogen-bond acceptors (Lipinski definition) is 3. The van der Waals surface area contributed by atoms with Gasteiger partial charge in [0.2, 0.25) is 0 Å². The molecule has 0 spiro atoms. The van der Waals surface area contributed by atoms with Crippen molar-refractivity contribution in [2.75, 3.05) is 13.1 Å². The van der Waals surface area contributed by atoms with Crippen LogP contribution in [-0.2, 0) is 4.79 Å². The highest BCUT2D eigenvalue weighted by Crippen LogP contribution is 2.32. The molecule has 1 fully saturated rings. The molecule has 0 radical (unpaired) electrons. The SMILES string of the molecule is CCN=C1SC(=Cc2cccc(Cl)c2)C(=O)N1CC. The highest BCUT2D eigenvalue weighted by Gasteiger charge is 2.31. The molecule has 1 aromatic carbocycles. The van der Waals surface area contributed by atoms with Crippen molar-refractivity contribution >= 4 is 40.5 Å². The van der Waals surface area contributed by atoms with Crippen LogP contribution in [0.3, 0.4) is 0 Å². The number of aliphatic imine (C=N–C) groups is 1. The molecule has 0 unspecified atom stereocenters. The number of halogens is 1. The number of carbonyl (C=O) groups excluding carboxylic acids is 1. The fourth-order valence-electron chi connectivity index (χ4n) is 1.79. The quantitative estimate of drug-likeness (QED) is 0.797. The van der Waals surface area contributed by atoms with E-state index < -0.39 is 0 Å². The summed E-state index contributed by atoms with van der Waals surface area (Å²) >= 11 is 7.37. The second kappa shape index (κ2) is 6.26. The normalized spacial score (nSPS) is 19.7.